The average molecular weight is 214 g/mol. The number of benzene rings is 1. The summed E-state index contributed by atoms with van der Waals surface area (Å²) in [7, 11) is 0. The Morgan fingerprint density at radius 3 is 2.60 bits per heavy atom. The van der Waals surface area contributed by atoms with Gasteiger partial charge in [-0.2, -0.15) is 0 Å². The lowest BCUT2D eigenvalue weighted by Gasteiger charge is -2.08. The molecular weight excluding hydrogens is 202 g/mol. The van der Waals surface area contributed by atoms with Crippen LogP contribution in [-0.4, -0.2) is 12.1 Å². The largest absolute Gasteiger partial charge is 0.463 e. The van der Waals surface area contributed by atoms with Crippen molar-refractivity contribution in [2.24, 2.45) is 0 Å². The Morgan fingerprint density at radius 1 is 1.40 bits per heavy atom. The van der Waals surface area contributed by atoms with Crippen LogP contribution < -0.4 is 0 Å². The molecule has 0 aliphatic carbocycles. The van der Waals surface area contributed by atoms with E-state index < -0.39 is 17.6 Å². The van der Waals surface area contributed by atoms with Gasteiger partial charge in [0.15, 0.2) is 0 Å². The molecule has 0 aromatic heterocycles. The van der Waals surface area contributed by atoms with E-state index in [2.05, 4.69) is 0 Å². The number of carbonyl (C=O) groups is 1. The lowest BCUT2D eigenvalue weighted by Crippen LogP contribution is -2.14. The van der Waals surface area contributed by atoms with Gasteiger partial charge in [0.05, 0.1) is 12.5 Å². The van der Waals surface area contributed by atoms with Gasteiger partial charge in [-0.15, -0.1) is 0 Å². The van der Waals surface area contributed by atoms with Gasteiger partial charge in [0.2, 0.25) is 0 Å². The monoisotopic (exact) mass is 214 g/mol. The van der Waals surface area contributed by atoms with Crippen molar-refractivity contribution in [1.29, 1.82) is 0 Å². The Kier molecular flexibility index (Phi) is 3.77. The highest BCUT2D eigenvalue weighted by Gasteiger charge is 2.11. The summed E-state index contributed by atoms with van der Waals surface area (Å²) in [6, 6.07) is 3.10. The molecule has 0 saturated carbocycles. The molecule has 0 aliphatic heterocycles. The van der Waals surface area contributed by atoms with E-state index in [9.17, 15) is 13.6 Å². The van der Waals surface area contributed by atoms with E-state index >= 15 is 0 Å². The fraction of sp³-hybridized carbons (Fsp3) is 0.364. The van der Waals surface area contributed by atoms with Gasteiger partial charge in [-0.1, -0.05) is 6.07 Å². The predicted molar refractivity (Wildman–Crippen MR) is 51.3 cm³/mol. The van der Waals surface area contributed by atoms with Gasteiger partial charge in [0.1, 0.15) is 11.6 Å². The minimum Gasteiger partial charge on any atom is -0.463 e. The normalized spacial score (nSPS) is 10.5. The summed E-state index contributed by atoms with van der Waals surface area (Å²) in [5.74, 6) is -1.90. The maximum atomic E-state index is 13.1. The van der Waals surface area contributed by atoms with Crippen LogP contribution in [0.1, 0.15) is 19.4 Å². The number of ether oxygens (including phenoxy) is 1. The van der Waals surface area contributed by atoms with Crippen LogP contribution in [-0.2, 0) is 16.0 Å². The molecule has 0 fully saturated rings. The van der Waals surface area contributed by atoms with Crippen LogP contribution in [0.5, 0.6) is 0 Å². The van der Waals surface area contributed by atoms with Crippen molar-refractivity contribution in [2.45, 2.75) is 26.4 Å². The van der Waals surface area contributed by atoms with Gasteiger partial charge in [-0.25, -0.2) is 8.78 Å². The Morgan fingerprint density at radius 2 is 2.07 bits per heavy atom. The van der Waals surface area contributed by atoms with Crippen molar-refractivity contribution in [1.82, 2.24) is 0 Å². The zero-order valence-electron chi connectivity index (χ0n) is 8.59. The highest BCUT2D eigenvalue weighted by atomic mass is 19.1. The number of esters is 1. The minimum atomic E-state index is -0.726. The molecule has 0 spiro atoms. The smallest absolute Gasteiger partial charge is 0.310 e. The summed E-state index contributed by atoms with van der Waals surface area (Å²) in [6.45, 7) is 3.41. The van der Waals surface area contributed by atoms with E-state index in [1.807, 2.05) is 0 Å². The van der Waals surface area contributed by atoms with Gasteiger partial charge < -0.3 is 4.74 Å². The van der Waals surface area contributed by atoms with Crippen molar-refractivity contribution >= 4 is 5.97 Å². The molecule has 2 nitrogen and oxygen atoms in total. The molecule has 0 heterocycles. The highest BCUT2D eigenvalue weighted by molar-refractivity contribution is 5.72. The quantitative estimate of drug-likeness (QED) is 0.722. The third-order valence-corrected chi connectivity index (χ3v) is 1.72. The number of carbonyl (C=O) groups excluding carboxylic acids is 1. The first kappa shape index (κ1) is 11.6. The zero-order chi connectivity index (χ0) is 11.4. The van der Waals surface area contributed by atoms with E-state index in [1.54, 1.807) is 13.8 Å². The second kappa shape index (κ2) is 4.87. The summed E-state index contributed by atoms with van der Waals surface area (Å²) in [5.41, 5.74) is 0.141. The van der Waals surface area contributed by atoms with E-state index in [-0.39, 0.29) is 18.1 Å². The molecule has 1 aromatic rings. The van der Waals surface area contributed by atoms with Gasteiger partial charge in [-0.3, -0.25) is 4.79 Å². The molecule has 1 rings (SSSR count). The van der Waals surface area contributed by atoms with E-state index in [0.717, 1.165) is 12.1 Å². The predicted octanol–water partition coefficient (Wildman–Crippen LogP) is 2.46. The van der Waals surface area contributed by atoms with E-state index in [1.165, 1.54) is 6.07 Å². The maximum Gasteiger partial charge on any atom is 0.310 e. The lowest BCUT2D eigenvalue weighted by molar-refractivity contribution is -0.146. The molecule has 0 radical (unpaired) electrons. The van der Waals surface area contributed by atoms with E-state index in [4.69, 9.17) is 4.74 Å². The number of hydrogen-bond donors (Lipinski definition) is 0. The second-order valence-electron chi connectivity index (χ2n) is 3.45. The van der Waals surface area contributed by atoms with Crippen LogP contribution in [0.15, 0.2) is 18.2 Å². The van der Waals surface area contributed by atoms with Crippen LogP contribution in [0.4, 0.5) is 8.78 Å². The molecule has 0 unspecified atom stereocenters. The maximum absolute atomic E-state index is 13.1. The zero-order valence-corrected chi connectivity index (χ0v) is 8.59. The Labute approximate surface area is 86.9 Å². The average Bonchev–Trinajstić information content (AvgIpc) is 2.08. The fourth-order valence-corrected chi connectivity index (χ4v) is 1.13. The number of halogens is 2. The summed E-state index contributed by atoms with van der Waals surface area (Å²) < 4.78 is 30.5. The Hall–Kier alpha value is -1.45. The first-order valence-corrected chi connectivity index (χ1v) is 4.62. The molecule has 0 saturated heterocycles. The van der Waals surface area contributed by atoms with Gasteiger partial charge in [0, 0.05) is 6.07 Å². The first-order valence-electron chi connectivity index (χ1n) is 4.62. The molecule has 15 heavy (non-hydrogen) atoms. The van der Waals surface area contributed by atoms with Gasteiger partial charge in [0.25, 0.3) is 0 Å². The van der Waals surface area contributed by atoms with Crippen LogP contribution in [0.3, 0.4) is 0 Å². The summed E-state index contributed by atoms with van der Waals surface area (Å²) in [6.07, 6.45) is -0.411. The summed E-state index contributed by atoms with van der Waals surface area (Å²) >= 11 is 0. The number of rotatable bonds is 3. The van der Waals surface area contributed by atoms with E-state index in [0.29, 0.717) is 0 Å². The van der Waals surface area contributed by atoms with Crippen molar-refractivity contribution in [3.05, 3.63) is 35.4 Å². The standard InChI is InChI=1S/C11H12F2O2/c1-7(2)15-11(14)5-8-3-4-9(12)6-10(8)13/h3-4,6-7H,5H2,1-2H3. The second-order valence-corrected chi connectivity index (χ2v) is 3.45. The van der Waals surface area contributed by atoms with Gasteiger partial charge in [-0.05, 0) is 25.5 Å². The summed E-state index contributed by atoms with van der Waals surface area (Å²) in [4.78, 5) is 11.2. The Bertz CT molecular complexity index is 362. The van der Waals surface area contributed by atoms with Gasteiger partial charge >= 0.3 is 5.97 Å². The molecule has 1 aromatic carbocycles. The van der Waals surface area contributed by atoms with Crippen molar-refractivity contribution < 1.29 is 18.3 Å². The SMILES string of the molecule is CC(C)OC(=O)Cc1ccc(F)cc1F. The highest BCUT2D eigenvalue weighted by Crippen LogP contribution is 2.11. The Balaban J connectivity index is 2.68. The molecule has 0 N–H and O–H groups in total. The van der Waals surface area contributed by atoms with Crippen molar-refractivity contribution in [2.75, 3.05) is 0 Å². The third kappa shape index (κ3) is 3.65. The van der Waals surface area contributed by atoms with Crippen LogP contribution in [0, 0.1) is 11.6 Å². The van der Waals surface area contributed by atoms with Crippen LogP contribution >= 0.6 is 0 Å². The molecule has 0 atom stereocenters. The lowest BCUT2D eigenvalue weighted by atomic mass is 10.1. The molecule has 0 bridgehead atoms. The van der Waals surface area contributed by atoms with Crippen LogP contribution in [0.25, 0.3) is 0 Å². The molecular formula is C11H12F2O2. The molecule has 82 valence electrons. The van der Waals surface area contributed by atoms with Crippen LogP contribution in [0.2, 0.25) is 0 Å². The third-order valence-electron chi connectivity index (χ3n) is 1.72. The fourth-order valence-electron chi connectivity index (χ4n) is 1.13. The van der Waals surface area contributed by atoms with Crippen molar-refractivity contribution in [3.63, 3.8) is 0 Å². The minimum absolute atomic E-state index is 0.141. The molecule has 0 amide bonds. The summed E-state index contributed by atoms with van der Waals surface area (Å²) in [5, 5.41) is 0. The number of hydrogen-bond acceptors (Lipinski definition) is 2. The topological polar surface area (TPSA) is 26.3 Å². The molecule has 0 aliphatic rings. The first-order chi connectivity index (χ1) is 6.99. The molecule has 4 heteroatoms. The van der Waals surface area contributed by atoms with Crippen molar-refractivity contribution in [3.8, 4) is 0 Å².